The second-order valence-electron chi connectivity index (χ2n) is 7.11. The van der Waals surface area contributed by atoms with Gasteiger partial charge in [-0.1, -0.05) is 0 Å². The van der Waals surface area contributed by atoms with Crippen LogP contribution in [0, 0.1) is 0 Å². The van der Waals surface area contributed by atoms with E-state index in [9.17, 15) is 13.2 Å². The van der Waals surface area contributed by atoms with Crippen LogP contribution in [0.2, 0.25) is 0 Å². The molecule has 0 saturated carbocycles. The van der Waals surface area contributed by atoms with E-state index in [0.717, 1.165) is 17.9 Å². The smallest absolute Gasteiger partial charge is 0.252 e. The van der Waals surface area contributed by atoms with Gasteiger partial charge in [0.15, 0.2) is 0 Å². The van der Waals surface area contributed by atoms with Crippen molar-refractivity contribution in [1.82, 2.24) is 18.9 Å². The van der Waals surface area contributed by atoms with Crippen LogP contribution in [0.4, 0.5) is 5.82 Å². The normalized spacial score (nSPS) is 16.2. The van der Waals surface area contributed by atoms with Crippen LogP contribution >= 0.6 is 0 Å². The summed E-state index contributed by atoms with van der Waals surface area (Å²) in [6.07, 6.45) is 3.09. The van der Waals surface area contributed by atoms with Gasteiger partial charge in [-0.05, 0) is 38.4 Å². The van der Waals surface area contributed by atoms with Crippen LogP contribution < -0.4 is 10.2 Å². The number of sulfonamides is 1. The summed E-state index contributed by atoms with van der Waals surface area (Å²) in [7, 11) is 0.782. The third-order valence-electron chi connectivity index (χ3n) is 4.77. The van der Waals surface area contributed by atoms with Crippen LogP contribution in [0.1, 0.15) is 10.4 Å². The van der Waals surface area contributed by atoms with Crippen molar-refractivity contribution < 1.29 is 13.2 Å². The Labute approximate surface area is 160 Å². The van der Waals surface area contributed by atoms with Gasteiger partial charge in [0.25, 0.3) is 5.91 Å². The summed E-state index contributed by atoms with van der Waals surface area (Å²) < 4.78 is 26.9. The number of carbonyl (C=O) groups excluding carboxylic acids is 1. The summed E-state index contributed by atoms with van der Waals surface area (Å²) in [5.41, 5.74) is 1.61. The van der Waals surface area contributed by atoms with Gasteiger partial charge in [0.05, 0.1) is 11.8 Å². The molecular weight excluding hydrogens is 366 g/mol. The predicted octanol–water partition coefficient (Wildman–Crippen LogP) is 0.312. The predicted molar refractivity (Wildman–Crippen MR) is 107 cm³/mol. The van der Waals surface area contributed by atoms with E-state index in [0.29, 0.717) is 38.3 Å². The molecule has 9 heteroatoms. The topological polar surface area (TPSA) is 77.4 Å². The number of pyridine rings is 1. The molecule has 0 aromatic carbocycles. The van der Waals surface area contributed by atoms with Crippen molar-refractivity contribution >= 4 is 27.3 Å². The van der Waals surface area contributed by atoms with Gasteiger partial charge >= 0.3 is 0 Å². The van der Waals surface area contributed by atoms with Crippen molar-refractivity contribution in [3.63, 3.8) is 0 Å². The van der Waals surface area contributed by atoms with E-state index in [-0.39, 0.29) is 5.91 Å². The first-order valence-corrected chi connectivity index (χ1v) is 10.8. The summed E-state index contributed by atoms with van der Waals surface area (Å²) in [4.78, 5) is 16.6. The molecular formula is C18H27N5O3S. The Hall–Kier alpha value is -2.10. The molecule has 1 saturated heterocycles. The van der Waals surface area contributed by atoms with Gasteiger partial charge in [0.2, 0.25) is 10.0 Å². The SMILES string of the molecule is CN(C)CCNC(=O)c1ccc2ccc(N3CCN(S(C)(=O)=O)CC3)n2c1. The van der Waals surface area contributed by atoms with Gasteiger partial charge in [-0.15, -0.1) is 0 Å². The molecule has 1 amide bonds. The van der Waals surface area contributed by atoms with Gasteiger partial charge < -0.3 is 19.5 Å². The van der Waals surface area contributed by atoms with E-state index in [4.69, 9.17) is 0 Å². The first kappa shape index (κ1) is 19.7. The molecule has 2 aromatic heterocycles. The maximum atomic E-state index is 12.4. The fraction of sp³-hybridized carbons (Fsp3) is 0.500. The maximum Gasteiger partial charge on any atom is 0.252 e. The molecule has 3 rings (SSSR count). The van der Waals surface area contributed by atoms with E-state index in [2.05, 4.69) is 10.2 Å². The molecule has 148 valence electrons. The Bertz CT molecular complexity index is 914. The lowest BCUT2D eigenvalue weighted by molar-refractivity contribution is 0.0950. The molecule has 0 radical (unpaired) electrons. The first-order chi connectivity index (χ1) is 12.8. The molecule has 3 heterocycles. The van der Waals surface area contributed by atoms with E-state index >= 15 is 0 Å². The van der Waals surface area contributed by atoms with Crippen molar-refractivity contribution in [1.29, 1.82) is 0 Å². The minimum atomic E-state index is -3.15. The Kier molecular flexibility index (Phi) is 5.73. The number of hydrogen-bond donors (Lipinski definition) is 1. The van der Waals surface area contributed by atoms with Gasteiger partial charge in [0, 0.05) is 51.0 Å². The van der Waals surface area contributed by atoms with Gasteiger partial charge in [-0.2, -0.15) is 4.31 Å². The van der Waals surface area contributed by atoms with Crippen molar-refractivity contribution in [3.8, 4) is 0 Å². The number of amides is 1. The Morgan fingerprint density at radius 2 is 1.78 bits per heavy atom. The summed E-state index contributed by atoms with van der Waals surface area (Å²) in [5.74, 6) is 0.876. The number of aromatic nitrogens is 1. The zero-order valence-electron chi connectivity index (χ0n) is 16.1. The summed E-state index contributed by atoms with van der Waals surface area (Å²) in [5, 5.41) is 2.93. The second-order valence-corrected chi connectivity index (χ2v) is 9.09. The number of carbonyl (C=O) groups is 1. The quantitative estimate of drug-likeness (QED) is 0.765. The van der Waals surface area contributed by atoms with E-state index < -0.39 is 10.0 Å². The minimum Gasteiger partial charge on any atom is -0.355 e. The third kappa shape index (κ3) is 4.60. The number of piperazine rings is 1. The molecule has 8 nitrogen and oxygen atoms in total. The van der Waals surface area contributed by atoms with Crippen molar-refractivity contribution in [2.45, 2.75) is 0 Å². The number of anilines is 1. The molecule has 0 spiro atoms. The highest BCUT2D eigenvalue weighted by Gasteiger charge is 2.24. The van der Waals surface area contributed by atoms with Crippen molar-refractivity contribution in [2.75, 3.05) is 64.5 Å². The fourth-order valence-electron chi connectivity index (χ4n) is 3.22. The Morgan fingerprint density at radius 3 is 2.41 bits per heavy atom. The maximum absolute atomic E-state index is 12.4. The number of likely N-dealkylation sites (N-methyl/N-ethyl adjacent to an activating group) is 1. The third-order valence-corrected chi connectivity index (χ3v) is 6.07. The van der Waals surface area contributed by atoms with Crippen LogP contribution in [0.25, 0.3) is 5.52 Å². The van der Waals surface area contributed by atoms with Crippen LogP contribution in [0.15, 0.2) is 30.5 Å². The lowest BCUT2D eigenvalue weighted by Gasteiger charge is -2.34. The largest absolute Gasteiger partial charge is 0.355 e. The fourth-order valence-corrected chi connectivity index (χ4v) is 4.05. The number of fused-ring (bicyclic) bond motifs is 1. The highest BCUT2D eigenvalue weighted by Crippen LogP contribution is 2.22. The molecule has 0 aliphatic carbocycles. The van der Waals surface area contributed by atoms with Crippen LogP contribution in [0.5, 0.6) is 0 Å². The van der Waals surface area contributed by atoms with Gasteiger partial charge in [-0.25, -0.2) is 8.42 Å². The highest BCUT2D eigenvalue weighted by atomic mass is 32.2. The van der Waals surface area contributed by atoms with Crippen LogP contribution in [-0.4, -0.2) is 87.6 Å². The van der Waals surface area contributed by atoms with Crippen molar-refractivity contribution in [3.05, 3.63) is 36.0 Å². The van der Waals surface area contributed by atoms with Gasteiger partial charge in [-0.3, -0.25) is 4.79 Å². The van der Waals surface area contributed by atoms with Crippen LogP contribution in [-0.2, 0) is 10.0 Å². The average Bonchev–Trinajstić information content (AvgIpc) is 3.03. The highest BCUT2D eigenvalue weighted by molar-refractivity contribution is 7.88. The molecule has 0 bridgehead atoms. The summed E-state index contributed by atoms with van der Waals surface area (Å²) in [6, 6.07) is 7.77. The molecule has 1 fully saturated rings. The summed E-state index contributed by atoms with van der Waals surface area (Å²) >= 11 is 0. The first-order valence-electron chi connectivity index (χ1n) is 9.00. The lowest BCUT2D eigenvalue weighted by Crippen LogP contribution is -2.48. The zero-order chi connectivity index (χ0) is 19.6. The van der Waals surface area contributed by atoms with E-state index in [1.807, 2.05) is 53.9 Å². The molecule has 1 aliphatic heterocycles. The van der Waals surface area contributed by atoms with Crippen molar-refractivity contribution in [2.24, 2.45) is 0 Å². The Morgan fingerprint density at radius 1 is 1.11 bits per heavy atom. The second kappa shape index (κ2) is 7.87. The summed E-state index contributed by atoms with van der Waals surface area (Å²) in [6.45, 7) is 3.56. The molecule has 27 heavy (non-hydrogen) atoms. The lowest BCUT2D eigenvalue weighted by atomic mass is 10.2. The van der Waals surface area contributed by atoms with E-state index in [1.54, 1.807) is 0 Å². The zero-order valence-corrected chi connectivity index (χ0v) is 16.9. The van der Waals surface area contributed by atoms with Crippen LogP contribution in [0.3, 0.4) is 0 Å². The molecule has 1 N–H and O–H groups in total. The molecule has 0 unspecified atom stereocenters. The van der Waals surface area contributed by atoms with Gasteiger partial charge in [0.1, 0.15) is 5.82 Å². The van der Waals surface area contributed by atoms with E-state index in [1.165, 1.54) is 10.6 Å². The number of nitrogens with zero attached hydrogens (tertiary/aromatic N) is 4. The number of hydrogen-bond acceptors (Lipinski definition) is 5. The monoisotopic (exact) mass is 393 g/mol. The average molecular weight is 394 g/mol. The number of nitrogens with one attached hydrogen (secondary N) is 1. The minimum absolute atomic E-state index is 0.0969. The number of rotatable bonds is 6. The standard InChI is InChI=1S/C18H27N5O3S/c1-20(2)9-8-19-18(24)15-4-5-16-6-7-17(23(16)14-15)21-10-12-22(13-11-21)27(3,25)26/h4-7,14H,8-13H2,1-3H3,(H,19,24). The Balaban J connectivity index is 1.75. The molecule has 0 atom stereocenters. The molecule has 1 aliphatic rings. The molecule has 2 aromatic rings.